The molecule has 0 saturated heterocycles. The maximum absolute atomic E-state index is 5.71. The van der Waals surface area contributed by atoms with Gasteiger partial charge in [-0.15, -0.1) is 0 Å². The van der Waals surface area contributed by atoms with Crippen LogP contribution in [0.25, 0.3) is 0 Å². The van der Waals surface area contributed by atoms with Crippen molar-refractivity contribution in [1.29, 1.82) is 0 Å². The molecule has 1 aromatic rings. The van der Waals surface area contributed by atoms with Gasteiger partial charge in [0.2, 0.25) is 0 Å². The van der Waals surface area contributed by atoms with Crippen LogP contribution in [0.3, 0.4) is 0 Å². The van der Waals surface area contributed by atoms with E-state index in [1.807, 2.05) is 6.08 Å². The summed E-state index contributed by atoms with van der Waals surface area (Å²) in [4.78, 5) is 0. The molecule has 0 bridgehead atoms. The number of ether oxygens (including phenoxy) is 1. The van der Waals surface area contributed by atoms with E-state index < -0.39 is 0 Å². The predicted octanol–water partition coefficient (Wildman–Crippen LogP) is 2.72. The molecule has 18 heavy (non-hydrogen) atoms. The summed E-state index contributed by atoms with van der Waals surface area (Å²) in [5.41, 5.74) is 1.39. The van der Waals surface area contributed by atoms with Crippen LogP contribution in [0.4, 0.5) is 0 Å². The lowest BCUT2D eigenvalue weighted by Gasteiger charge is -2.10. The van der Waals surface area contributed by atoms with Crippen molar-refractivity contribution in [2.24, 2.45) is 0 Å². The fourth-order valence-electron chi connectivity index (χ4n) is 1.78. The van der Waals surface area contributed by atoms with Crippen LogP contribution < -0.4 is 10.1 Å². The Kier molecular flexibility index (Phi) is 7.19. The van der Waals surface area contributed by atoms with Crippen molar-refractivity contribution in [3.05, 3.63) is 42.5 Å². The molecule has 0 fully saturated rings. The molecule has 1 rings (SSSR count). The van der Waals surface area contributed by atoms with Gasteiger partial charge in [-0.25, -0.2) is 0 Å². The van der Waals surface area contributed by atoms with Gasteiger partial charge >= 0.3 is 0 Å². The van der Waals surface area contributed by atoms with Gasteiger partial charge in [-0.3, -0.25) is 0 Å². The maximum atomic E-state index is 5.71. The summed E-state index contributed by atoms with van der Waals surface area (Å²) in [6, 6.07) is 8.50. The van der Waals surface area contributed by atoms with Crippen LogP contribution in [0.2, 0.25) is 0 Å². The van der Waals surface area contributed by atoms with Crippen LogP contribution in [-0.4, -0.2) is 19.7 Å². The summed E-state index contributed by atoms with van der Waals surface area (Å²) in [6.07, 6.45) is 4.18. The van der Waals surface area contributed by atoms with Crippen molar-refractivity contribution in [3.8, 4) is 5.75 Å². The smallest absolute Gasteiger partial charge is 0.119 e. The lowest BCUT2D eigenvalue weighted by molar-refractivity contribution is -0.646. The first kappa shape index (κ1) is 14.8. The number of benzene rings is 1. The average Bonchev–Trinajstić information content (AvgIpc) is 2.42. The molecule has 0 aliphatic carbocycles. The summed E-state index contributed by atoms with van der Waals surface area (Å²) in [5, 5.41) is 2.24. The van der Waals surface area contributed by atoms with Gasteiger partial charge in [-0.05, 0) is 36.1 Å². The third kappa shape index (κ3) is 5.37. The zero-order valence-corrected chi connectivity index (χ0v) is 11.7. The van der Waals surface area contributed by atoms with E-state index in [1.165, 1.54) is 12.0 Å². The largest absolute Gasteiger partial charge is 0.493 e. The molecule has 0 aromatic heterocycles. The van der Waals surface area contributed by atoms with E-state index in [-0.39, 0.29) is 0 Å². The van der Waals surface area contributed by atoms with E-state index >= 15 is 0 Å². The van der Waals surface area contributed by atoms with Crippen molar-refractivity contribution in [2.75, 3.05) is 19.7 Å². The summed E-state index contributed by atoms with van der Waals surface area (Å²) in [6.45, 7) is 11.0. The van der Waals surface area contributed by atoms with Crippen LogP contribution in [0.5, 0.6) is 5.75 Å². The first-order valence-corrected chi connectivity index (χ1v) is 6.93. The molecular formula is C16H26NO+. The third-order valence-corrected chi connectivity index (χ3v) is 3.22. The van der Waals surface area contributed by atoms with Gasteiger partial charge in [-0.1, -0.05) is 32.6 Å². The Morgan fingerprint density at radius 1 is 1.33 bits per heavy atom. The normalized spacial score (nSPS) is 12.1. The summed E-state index contributed by atoms with van der Waals surface area (Å²) >= 11 is 0. The van der Waals surface area contributed by atoms with Gasteiger partial charge < -0.3 is 10.1 Å². The van der Waals surface area contributed by atoms with Gasteiger partial charge in [0.05, 0.1) is 19.7 Å². The lowest BCUT2D eigenvalue weighted by Crippen LogP contribution is -2.84. The van der Waals surface area contributed by atoms with E-state index in [9.17, 15) is 0 Å². The SMILES string of the molecule is C=CC[NH2+]CCCOc1ccc([C@@H](C)CC)cc1. The highest BCUT2D eigenvalue weighted by molar-refractivity contribution is 5.29. The minimum Gasteiger partial charge on any atom is -0.493 e. The number of quaternary nitrogens is 1. The molecule has 0 heterocycles. The Balaban J connectivity index is 2.24. The van der Waals surface area contributed by atoms with Gasteiger partial charge in [0.1, 0.15) is 5.75 Å². The first-order chi connectivity index (χ1) is 8.77. The Morgan fingerprint density at radius 2 is 2.06 bits per heavy atom. The highest BCUT2D eigenvalue weighted by atomic mass is 16.5. The number of rotatable bonds is 9. The minimum atomic E-state index is 0.632. The second kappa shape index (κ2) is 8.76. The minimum absolute atomic E-state index is 0.632. The standard InChI is InChI=1S/C16H25NO/c1-4-11-17-12-6-13-18-16-9-7-15(8-10-16)14(3)5-2/h4,7-10,14,17H,1,5-6,11-13H2,2-3H3/p+1/t14-/m0/s1. The maximum Gasteiger partial charge on any atom is 0.119 e. The molecular weight excluding hydrogens is 222 g/mol. The van der Waals surface area contributed by atoms with Crippen molar-refractivity contribution < 1.29 is 10.1 Å². The Labute approximate surface area is 111 Å². The molecule has 1 aromatic carbocycles. The zero-order valence-electron chi connectivity index (χ0n) is 11.7. The topological polar surface area (TPSA) is 25.8 Å². The second-order valence-electron chi connectivity index (χ2n) is 4.68. The fraction of sp³-hybridized carbons (Fsp3) is 0.500. The summed E-state index contributed by atoms with van der Waals surface area (Å²) in [7, 11) is 0. The molecule has 0 spiro atoms. The van der Waals surface area contributed by atoms with Gasteiger partial charge in [-0.2, -0.15) is 0 Å². The Hall–Kier alpha value is -1.28. The predicted molar refractivity (Wildman–Crippen MR) is 77.1 cm³/mol. The molecule has 0 aliphatic heterocycles. The van der Waals surface area contributed by atoms with Crippen LogP contribution in [0.15, 0.2) is 36.9 Å². The van der Waals surface area contributed by atoms with Gasteiger partial charge in [0.25, 0.3) is 0 Å². The van der Waals surface area contributed by atoms with E-state index in [2.05, 4.69) is 50.0 Å². The number of hydrogen-bond acceptors (Lipinski definition) is 1. The van der Waals surface area contributed by atoms with E-state index in [0.717, 1.165) is 31.9 Å². The van der Waals surface area contributed by atoms with Gasteiger partial charge in [0.15, 0.2) is 0 Å². The van der Waals surface area contributed by atoms with Crippen molar-refractivity contribution in [2.45, 2.75) is 32.6 Å². The van der Waals surface area contributed by atoms with E-state index in [4.69, 9.17) is 4.74 Å². The van der Waals surface area contributed by atoms with Crippen LogP contribution >= 0.6 is 0 Å². The van der Waals surface area contributed by atoms with Crippen LogP contribution in [-0.2, 0) is 0 Å². The summed E-state index contributed by atoms with van der Waals surface area (Å²) in [5.74, 6) is 1.61. The Bertz CT molecular complexity index is 331. The quantitative estimate of drug-likeness (QED) is 0.528. The fourth-order valence-corrected chi connectivity index (χ4v) is 1.78. The van der Waals surface area contributed by atoms with Crippen molar-refractivity contribution in [3.63, 3.8) is 0 Å². The first-order valence-electron chi connectivity index (χ1n) is 6.93. The molecule has 0 radical (unpaired) electrons. The molecule has 2 nitrogen and oxygen atoms in total. The van der Waals surface area contributed by atoms with Gasteiger partial charge in [0, 0.05) is 6.42 Å². The highest BCUT2D eigenvalue weighted by Crippen LogP contribution is 2.21. The zero-order chi connectivity index (χ0) is 13.2. The van der Waals surface area contributed by atoms with Crippen molar-refractivity contribution >= 4 is 0 Å². The lowest BCUT2D eigenvalue weighted by atomic mass is 9.99. The molecule has 0 amide bonds. The third-order valence-electron chi connectivity index (χ3n) is 3.22. The molecule has 0 saturated carbocycles. The second-order valence-corrected chi connectivity index (χ2v) is 4.68. The molecule has 0 unspecified atom stereocenters. The molecule has 0 aliphatic rings. The van der Waals surface area contributed by atoms with E-state index in [0.29, 0.717) is 5.92 Å². The number of hydrogen-bond donors (Lipinski definition) is 1. The average molecular weight is 248 g/mol. The molecule has 100 valence electrons. The van der Waals surface area contributed by atoms with Crippen LogP contribution in [0, 0.1) is 0 Å². The number of nitrogens with two attached hydrogens (primary N) is 1. The van der Waals surface area contributed by atoms with Crippen molar-refractivity contribution in [1.82, 2.24) is 0 Å². The van der Waals surface area contributed by atoms with Crippen LogP contribution in [0.1, 0.15) is 38.2 Å². The molecule has 1 atom stereocenters. The Morgan fingerprint density at radius 3 is 2.67 bits per heavy atom. The monoisotopic (exact) mass is 248 g/mol. The molecule has 2 N–H and O–H groups in total. The summed E-state index contributed by atoms with van der Waals surface area (Å²) < 4.78 is 5.71. The highest BCUT2D eigenvalue weighted by Gasteiger charge is 2.02. The van der Waals surface area contributed by atoms with E-state index in [1.54, 1.807) is 0 Å². The molecule has 2 heteroatoms.